The van der Waals surface area contributed by atoms with Crippen LogP contribution in [0, 0.1) is 19.3 Å². The van der Waals surface area contributed by atoms with Crippen molar-refractivity contribution < 1.29 is 4.57 Å². The van der Waals surface area contributed by atoms with Gasteiger partial charge in [0, 0.05) is 21.2 Å². The standard InChI is InChI=1S/C34H36NS/c1-19(2)23-11-9-10-22-17-28-31-25(30(22)23)14-15-35(8)32(31)29-21(4)26-16-20(3)12-13-24(26)27(33(29)36-28)18-34(5,6)7/h9-17,19H,18H2,1-8H3/q+1. The van der Waals surface area contributed by atoms with Gasteiger partial charge in [-0.15, -0.1) is 0 Å². The highest BCUT2D eigenvalue weighted by Gasteiger charge is 2.33. The number of benzene rings is 4. The predicted molar refractivity (Wildman–Crippen MR) is 156 cm³/mol. The van der Waals surface area contributed by atoms with E-state index in [0.717, 1.165) is 6.42 Å². The SMILES string of the molecule is Cc1ccc2c(CC(C)(C)C)c3c(c(C)c2c1)-c1c2c(cc4cccc(C(C)C)c4c2cc[n+]1C)S3. The molecule has 182 valence electrons. The Morgan fingerprint density at radius 2 is 1.67 bits per heavy atom. The molecule has 36 heavy (non-hydrogen) atoms. The molecule has 1 aliphatic heterocycles. The molecule has 0 radical (unpaired) electrons. The van der Waals surface area contributed by atoms with E-state index in [2.05, 4.69) is 115 Å². The van der Waals surface area contributed by atoms with Crippen LogP contribution in [-0.4, -0.2) is 0 Å². The Labute approximate surface area is 219 Å². The van der Waals surface area contributed by atoms with Gasteiger partial charge in [-0.3, -0.25) is 0 Å². The Balaban J connectivity index is 1.82. The van der Waals surface area contributed by atoms with E-state index in [-0.39, 0.29) is 5.41 Å². The minimum absolute atomic E-state index is 0.200. The van der Waals surface area contributed by atoms with E-state index in [4.69, 9.17) is 0 Å². The fourth-order valence-electron chi connectivity index (χ4n) is 6.23. The number of hydrogen-bond donors (Lipinski definition) is 0. The van der Waals surface area contributed by atoms with Crippen molar-refractivity contribution in [1.29, 1.82) is 0 Å². The maximum Gasteiger partial charge on any atom is 0.222 e. The average Bonchev–Trinajstić information content (AvgIpc) is 2.81. The van der Waals surface area contributed by atoms with E-state index in [0.29, 0.717) is 5.92 Å². The maximum absolute atomic E-state index is 2.45. The molecule has 0 saturated carbocycles. The molecule has 5 aromatic rings. The molecule has 6 rings (SSSR count). The number of aryl methyl sites for hydroxylation is 3. The van der Waals surface area contributed by atoms with Crippen LogP contribution < -0.4 is 4.57 Å². The molecule has 0 amide bonds. The monoisotopic (exact) mass is 490 g/mol. The van der Waals surface area contributed by atoms with Crippen LogP contribution in [0.1, 0.15) is 62.8 Å². The molecular weight excluding hydrogens is 454 g/mol. The summed E-state index contributed by atoms with van der Waals surface area (Å²) in [6.07, 6.45) is 3.34. The number of rotatable bonds is 2. The van der Waals surface area contributed by atoms with Gasteiger partial charge in [0.05, 0.1) is 10.9 Å². The molecule has 0 atom stereocenters. The van der Waals surface area contributed by atoms with Crippen LogP contribution in [0.15, 0.2) is 64.5 Å². The second-order valence-electron chi connectivity index (χ2n) is 12.2. The molecule has 0 fully saturated rings. The first kappa shape index (κ1) is 23.6. The van der Waals surface area contributed by atoms with Crippen molar-refractivity contribution in [1.82, 2.24) is 0 Å². The zero-order valence-electron chi connectivity index (χ0n) is 22.8. The lowest BCUT2D eigenvalue weighted by Crippen LogP contribution is -2.32. The maximum atomic E-state index is 2.45. The average molecular weight is 491 g/mol. The Morgan fingerprint density at radius 3 is 2.39 bits per heavy atom. The topological polar surface area (TPSA) is 3.88 Å². The zero-order chi connectivity index (χ0) is 25.5. The lowest BCUT2D eigenvalue weighted by molar-refractivity contribution is -0.659. The third kappa shape index (κ3) is 3.49. The van der Waals surface area contributed by atoms with Crippen LogP contribution in [0.25, 0.3) is 43.6 Å². The van der Waals surface area contributed by atoms with Gasteiger partial charge in [-0.2, -0.15) is 0 Å². The molecular formula is C34H36NS+. The predicted octanol–water partition coefficient (Wildman–Crippen LogP) is 9.43. The molecule has 0 N–H and O–H groups in total. The van der Waals surface area contributed by atoms with Crippen molar-refractivity contribution in [3.63, 3.8) is 0 Å². The van der Waals surface area contributed by atoms with Crippen molar-refractivity contribution in [2.24, 2.45) is 12.5 Å². The van der Waals surface area contributed by atoms with Crippen LogP contribution in [0.3, 0.4) is 0 Å². The number of aromatic nitrogens is 1. The summed E-state index contributed by atoms with van der Waals surface area (Å²) in [5, 5.41) is 8.39. The second kappa shape index (κ2) is 8.08. The summed E-state index contributed by atoms with van der Waals surface area (Å²) in [6, 6.07) is 18.7. The molecule has 1 nitrogen and oxygen atoms in total. The van der Waals surface area contributed by atoms with E-state index < -0.39 is 0 Å². The van der Waals surface area contributed by atoms with Gasteiger partial charge in [0.1, 0.15) is 7.05 Å². The smallest absolute Gasteiger partial charge is 0.200 e. The molecule has 4 aromatic carbocycles. The second-order valence-corrected chi connectivity index (χ2v) is 13.3. The Hall–Kier alpha value is -2.84. The molecule has 0 unspecified atom stereocenters. The summed E-state index contributed by atoms with van der Waals surface area (Å²) < 4.78 is 2.36. The number of nitrogens with zero attached hydrogens (tertiary/aromatic N) is 1. The van der Waals surface area contributed by atoms with Crippen LogP contribution >= 0.6 is 11.8 Å². The van der Waals surface area contributed by atoms with Gasteiger partial charge in [-0.25, -0.2) is 4.57 Å². The quantitative estimate of drug-likeness (QED) is 0.173. The van der Waals surface area contributed by atoms with Gasteiger partial charge in [-0.1, -0.05) is 88.3 Å². The summed E-state index contributed by atoms with van der Waals surface area (Å²) in [7, 11) is 2.22. The van der Waals surface area contributed by atoms with Gasteiger partial charge in [0.15, 0.2) is 6.20 Å². The third-order valence-corrected chi connectivity index (χ3v) is 9.01. The Bertz CT molecular complexity index is 1720. The van der Waals surface area contributed by atoms with Crippen molar-refractivity contribution in [2.75, 3.05) is 0 Å². The number of fused-ring (bicyclic) bond motifs is 5. The van der Waals surface area contributed by atoms with E-state index in [9.17, 15) is 0 Å². The van der Waals surface area contributed by atoms with Crippen molar-refractivity contribution in [2.45, 2.75) is 70.6 Å². The minimum Gasteiger partial charge on any atom is -0.200 e. The lowest BCUT2D eigenvalue weighted by Gasteiger charge is -2.28. The van der Waals surface area contributed by atoms with E-state index in [1.54, 1.807) is 0 Å². The molecule has 2 heteroatoms. The molecule has 0 bridgehead atoms. The molecule has 0 spiro atoms. The van der Waals surface area contributed by atoms with Gasteiger partial charge in [0.2, 0.25) is 5.69 Å². The van der Waals surface area contributed by atoms with Crippen LogP contribution in [0.2, 0.25) is 0 Å². The van der Waals surface area contributed by atoms with E-state index in [1.807, 2.05) is 11.8 Å². The fourth-order valence-corrected chi connectivity index (χ4v) is 7.60. The first-order chi connectivity index (χ1) is 17.0. The summed E-state index contributed by atoms with van der Waals surface area (Å²) in [5.41, 5.74) is 8.67. The summed E-state index contributed by atoms with van der Waals surface area (Å²) >= 11 is 2.00. The molecule has 0 aliphatic carbocycles. The van der Waals surface area contributed by atoms with Gasteiger partial charge >= 0.3 is 0 Å². The lowest BCUT2D eigenvalue weighted by atomic mass is 9.82. The normalized spacial score (nSPS) is 13.2. The highest BCUT2D eigenvalue weighted by atomic mass is 32.2. The Kier molecular flexibility index (Phi) is 5.29. The number of pyridine rings is 1. The van der Waals surface area contributed by atoms with Crippen molar-refractivity contribution in [3.8, 4) is 11.3 Å². The van der Waals surface area contributed by atoms with Gasteiger partial charge in [-0.05, 0) is 75.9 Å². The van der Waals surface area contributed by atoms with Crippen LogP contribution in [-0.2, 0) is 13.5 Å². The third-order valence-electron chi connectivity index (χ3n) is 7.81. The van der Waals surface area contributed by atoms with Gasteiger partial charge < -0.3 is 0 Å². The molecule has 1 aromatic heterocycles. The number of hydrogen-bond acceptors (Lipinski definition) is 1. The highest BCUT2D eigenvalue weighted by Crippen LogP contribution is 2.54. The molecule has 0 saturated heterocycles. The van der Waals surface area contributed by atoms with Crippen molar-refractivity contribution in [3.05, 3.63) is 77.0 Å². The van der Waals surface area contributed by atoms with Crippen LogP contribution in [0.5, 0.6) is 0 Å². The first-order valence-corrected chi connectivity index (χ1v) is 14.0. The highest BCUT2D eigenvalue weighted by molar-refractivity contribution is 8.00. The van der Waals surface area contributed by atoms with Crippen molar-refractivity contribution >= 4 is 44.1 Å². The molecule has 2 heterocycles. The zero-order valence-corrected chi connectivity index (χ0v) is 23.7. The fraction of sp³-hybridized carbons (Fsp3) is 0.324. The van der Waals surface area contributed by atoms with Crippen LogP contribution in [0.4, 0.5) is 0 Å². The Morgan fingerprint density at radius 1 is 0.889 bits per heavy atom. The van der Waals surface area contributed by atoms with Gasteiger partial charge in [0.25, 0.3) is 0 Å². The summed E-state index contributed by atoms with van der Waals surface area (Å²) in [4.78, 5) is 2.84. The minimum atomic E-state index is 0.200. The summed E-state index contributed by atoms with van der Waals surface area (Å²) in [6.45, 7) is 16.3. The molecule has 1 aliphatic rings. The first-order valence-electron chi connectivity index (χ1n) is 13.2. The van der Waals surface area contributed by atoms with E-state index in [1.165, 1.54) is 75.6 Å². The summed E-state index contributed by atoms with van der Waals surface area (Å²) in [5.74, 6) is 0.482. The van der Waals surface area contributed by atoms with E-state index >= 15 is 0 Å². The largest absolute Gasteiger partial charge is 0.222 e.